The van der Waals surface area contributed by atoms with E-state index in [-0.39, 0.29) is 5.69 Å². The molecule has 0 N–H and O–H groups in total. The molecule has 20 heavy (non-hydrogen) atoms. The van der Waals surface area contributed by atoms with Crippen molar-refractivity contribution in [1.29, 1.82) is 0 Å². The van der Waals surface area contributed by atoms with Crippen molar-refractivity contribution in [2.24, 2.45) is 0 Å². The Morgan fingerprint density at radius 3 is 1.85 bits per heavy atom. The van der Waals surface area contributed by atoms with E-state index in [0.29, 0.717) is 0 Å². The normalized spacial score (nSPS) is 10.2. The van der Waals surface area contributed by atoms with Crippen LogP contribution in [0.4, 0.5) is 0 Å². The average molecular weight is 274 g/mol. The van der Waals surface area contributed by atoms with Crippen LogP contribution in [0.3, 0.4) is 0 Å². The Labute approximate surface area is 110 Å². The number of aromatic carboxylic acids is 3. The zero-order valence-electron chi connectivity index (χ0n) is 9.60. The summed E-state index contributed by atoms with van der Waals surface area (Å²) >= 11 is 0. The molecule has 102 valence electrons. The van der Waals surface area contributed by atoms with Gasteiger partial charge in [-0.25, -0.2) is 4.68 Å². The van der Waals surface area contributed by atoms with Crippen LogP contribution in [0.5, 0.6) is 0 Å². The van der Waals surface area contributed by atoms with Gasteiger partial charge >= 0.3 is 0 Å². The highest BCUT2D eigenvalue weighted by molar-refractivity contribution is 5.93. The first-order chi connectivity index (χ1) is 9.38. The van der Waals surface area contributed by atoms with Gasteiger partial charge < -0.3 is 29.7 Å². The van der Waals surface area contributed by atoms with Gasteiger partial charge in [-0.2, -0.15) is 0 Å². The second kappa shape index (κ2) is 4.80. The number of nitrogens with zero attached hydrogens (tertiary/aromatic N) is 3. The number of carboxylic acid groups (broad SMARTS) is 3. The zero-order valence-corrected chi connectivity index (χ0v) is 9.60. The lowest BCUT2D eigenvalue weighted by Gasteiger charge is -2.10. The monoisotopic (exact) mass is 274 g/mol. The molecule has 1 aromatic carbocycles. The van der Waals surface area contributed by atoms with E-state index >= 15 is 0 Å². The van der Waals surface area contributed by atoms with E-state index in [1.54, 1.807) is 0 Å². The minimum Gasteiger partial charge on any atom is -0.545 e. The predicted octanol–water partition coefficient (Wildman–Crippen LogP) is -3.64. The quantitative estimate of drug-likeness (QED) is 0.553. The molecule has 0 aliphatic carbocycles. The van der Waals surface area contributed by atoms with Gasteiger partial charge in [-0.05, 0) is 29.3 Å². The Bertz CT molecular complexity index is 688. The molecule has 0 spiro atoms. The average Bonchev–Trinajstić information content (AvgIpc) is 2.87. The van der Waals surface area contributed by atoms with Crippen molar-refractivity contribution < 1.29 is 29.7 Å². The molecule has 0 aliphatic heterocycles. The number of aromatic nitrogens is 3. The molecule has 0 radical (unpaired) electrons. The van der Waals surface area contributed by atoms with E-state index in [9.17, 15) is 29.7 Å². The summed E-state index contributed by atoms with van der Waals surface area (Å²) in [6.07, 6.45) is 0.947. The molecule has 1 aromatic heterocycles. The molecule has 0 atom stereocenters. The largest absolute Gasteiger partial charge is 0.545 e. The van der Waals surface area contributed by atoms with Gasteiger partial charge in [0.05, 0.1) is 29.8 Å². The number of rotatable bonds is 4. The number of carbonyl (C=O) groups excluding carboxylic acids is 3. The van der Waals surface area contributed by atoms with Crippen molar-refractivity contribution in [3.63, 3.8) is 0 Å². The van der Waals surface area contributed by atoms with E-state index in [4.69, 9.17) is 0 Å². The second-order valence-electron chi connectivity index (χ2n) is 3.68. The summed E-state index contributed by atoms with van der Waals surface area (Å²) < 4.78 is 0.893. The first-order valence-corrected chi connectivity index (χ1v) is 5.10. The molecule has 0 aliphatic rings. The van der Waals surface area contributed by atoms with Gasteiger partial charge in [0.2, 0.25) is 0 Å². The number of benzene rings is 1. The van der Waals surface area contributed by atoms with Gasteiger partial charge in [-0.3, -0.25) is 0 Å². The molecule has 2 aromatic rings. The van der Waals surface area contributed by atoms with Crippen LogP contribution in [0, 0.1) is 0 Å². The van der Waals surface area contributed by atoms with Crippen LogP contribution < -0.4 is 15.3 Å². The number of hydrogen-bond donors (Lipinski definition) is 0. The summed E-state index contributed by atoms with van der Waals surface area (Å²) in [5.74, 6) is -4.78. The van der Waals surface area contributed by atoms with E-state index < -0.39 is 34.7 Å². The number of carbonyl (C=O) groups is 3. The summed E-state index contributed by atoms with van der Waals surface area (Å²) in [5, 5.41) is 38.9. The fraction of sp³-hybridized carbons (Fsp3) is 0. The van der Waals surface area contributed by atoms with E-state index in [1.165, 1.54) is 0 Å². The van der Waals surface area contributed by atoms with Crippen LogP contribution in [0.1, 0.15) is 31.2 Å². The topological polar surface area (TPSA) is 151 Å². The van der Waals surface area contributed by atoms with Crippen molar-refractivity contribution in [1.82, 2.24) is 15.0 Å². The van der Waals surface area contributed by atoms with E-state index in [1.807, 2.05) is 0 Å². The summed E-state index contributed by atoms with van der Waals surface area (Å²) in [6, 6.07) is 2.95. The maximum Gasteiger partial charge on any atom is 0.128 e. The fourth-order valence-electron chi connectivity index (χ4n) is 1.46. The standard InChI is InChI=1S/C11H7N3O6/c15-9(16)5-1-6(10(17)18)3-7(2-5)14-4-8(11(19)20)12-13-14/h1-4H,(H,15,16)(H,17,18)(H,19,20)/p-3. The lowest BCUT2D eigenvalue weighted by Crippen LogP contribution is -2.26. The van der Waals surface area contributed by atoms with Gasteiger partial charge in [0.1, 0.15) is 5.69 Å². The maximum atomic E-state index is 10.8. The van der Waals surface area contributed by atoms with Crippen molar-refractivity contribution >= 4 is 17.9 Å². The molecule has 9 heteroatoms. The third-order valence-electron chi connectivity index (χ3n) is 2.36. The first-order valence-electron chi connectivity index (χ1n) is 5.10. The Balaban J connectivity index is 2.57. The molecule has 0 saturated heterocycles. The third kappa shape index (κ3) is 2.46. The first kappa shape index (κ1) is 13.2. The number of carboxylic acids is 3. The van der Waals surface area contributed by atoms with Crippen molar-refractivity contribution in [2.75, 3.05) is 0 Å². The van der Waals surface area contributed by atoms with Gasteiger partial charge in [0.25, 0.3) is 0 Å². The summed E-state index contributed by atoms with van der Waals surface area (Å²) in [4.78, 5) is 32.2. The third-order valence-corrected chi connectivity index (χ3v) is 2.36. The Morgan fingerprint density at radius 2 is 1.45 bits per heavy atom. The van der Waals surface area contributed by atoms with Crippen LogP contribution in [0.25, 0.3) is 5.69 Å². The lowest BCUT2D eigenvalue weighted by molar-refractivity contribution is -0.256. The van der Waals surface area contributed by atoms with Gasteiger partial charge in [-0.1, -0.05) is 5.21 Å². The molecule has 1 heterocycles. The molecule has 0 unspecified atom stereocenters. The summed E-state index contributed by atoms with van der Waals surface area (Å²) in [6.45, 7) is 0. The van der Waals surface area contributed by atoms with Crippen LogP contribution in [-0.2, 0) is 0 Å². The highest BCUT2D eigenvalue weighted by Gasteiger charge is 2.08. The van der Waals surface area contributed by atoms with Gasteiger partial charge in [0, 0.05) is 0 Å². The van der Waals surface area contributed by atoms with Crippen molar-refractivity contribution in [2.45, 2.75) is 0 Å². The van der Waals surface area contributed by atoms with Gasteiger partial charge in [0.15, 0.2) is 0 Å². The van der Waals surface area contributed by atoms with Crippen LogP contribution in [0.15, 0.2) is 24.4 Å². The molecule has 2 rings (SSSR count). The van der Waals surface area contributed by atoms with Gasteiger partial charge in [-0.15, -0.1) is 5.10 Å². The molecule has 0 bridgehead atoms. The van der Waals surface area contributed by atoms with Crippen molar-refractivity contribution in [3.05, 3.63) is 41.2 Å². The molecule has 9 nitrogen and oxygen atoms in total. The fourth-order valence-corrected chi connectivity index (χ4v) is 1.46. The predicted molar refractivity (Wildman–Crippen MR) is 54.4 cm³/mol. The summed E-state index contributed by atoms with van der Waals surface area (Å²) in [7, 11) is 0. The van der Waals surface area contributed by atoms with Crippen LogP contribution >= 0.6 is 0 Å². The second-order valence-corrected chi connectivity index (χ2v) is 3.68. The highest BCUT2D eigenvalue weighted by Crippen LogP contribution is 2.13. The zero-order chi connectivity index (χ0) is 14.9. The minimum absolute atomic E-state index is 0.0223. The smallest absolute Gasteiger partial charge is 0.128 e. The lowest BCUT2D eigenvalue weighted by atomic mass is 10.1. The maximum absolute atomic E-state index is 10.8. The van der Waals surface area contributed by atoms with Crippen LogP contribution in [0.2, 0.25) is 0 Å². The molecular weight excluding hydrogens is 270 g/mol. The van der Waals surface area contributed by atoms with Crippen LogP contribution in [-0.4, -0.2) is 32.9 Å². The Hall–Kier alpha value is -3.23. The Kier molecular flexibility index (Phi) is 3.17. The molecule has 0 saturated carbocycles. The summed E-state index contributed by atoms with van der Waals surface area (Å²) in [5.41, 5.74) is -1.36. The highest BCUT2D eigenvalue weighted by atomic mass is 16.4. The number of hydrogen-bond acceptors (Lipinski definition) is 8. The van der Waals surface area contributed by atoms with Crippen molar-refractivity contribution in [3.8, 4) is 5.69 Å². The SMILES string of the molecule is O=C([O-])c1cc(C(=O)[O-])cc(-n2cc(C(=O)[O-])nn2)c1. The minimum atomic E-state index is -1.60. The molecule has 0 amide bonds. The van der Waals surface area contributed by atoms with E-state index in [0.717, 1.165) is 29.1 Å². The Morgan fingerprint density at radius 1 is 0.900 bits per heavy atom. The molecule has 0 fully saturated rings. The molecular formula is C11H4N3O6-3. The van der Waals surface area contributed by atoms with E-state index in [2.05, 4.69) is 10.3 Å².